The minimum absolute atomic E-state index is 0.0410. The lowest BCUT2D eigenvalue weighted by molar-refractivity contribution is -0.137. The van der Waals surface area contributed by atoms with Crippen LogP contribution in [-0.4, -0.2) is 24.8 Å². The van der Waals surface area contributed by atoms with Gasteiger partial charge in [-0.2, -0.15) is 13.2 Å². The molecular weight excluding hydrogens is 485 g/mol. The topological polar surface area (TPSA) is 51.1 Å². The average molecular weight is 513 g/mol. The first kappa shape index (κ1) is 25.1. The summed E-state index contributed by atoms with van der Waals surface area (Å²) in [6.07, 6.45) is -0.513. The summed E-state index contributed by atoms with van der Waals surface area (Å²) >= 11 is 6.29. The average Bonchev–Trinajstić information content (AvgIpc) is 3.52. The monoisotopic (exact) mass is 512 g/mol. The van der Waals surface area contributed by atoms with Crippen molar-refractivity contribution in [2.24, 2.45) is 5.41 Å². The molecule has 1 aromatic heterocycles. The number of halogens is 4. The summed E-state index contributed by atoms with van der Waals surface area (Å²) in [6, 6.07) is 8.84. The molecule has 34 heavy (non-hydrogen) atoms. The Morgan fingerprint density at radius 3 is 2.41 bits per heavy atom. The van der Waals surface area contributed by atoms with Crippen LogP contribution in [-0.2, 0) is 29.2 Å². The van der Waals surface area contributed by atoms with Crippen LogP contribution in [0.4, 0.5) is 13.2 Å². The van der Waals surface area contributed by atoms with E-state index in [1.165, 1.54) is 6.07 Å². The normalized spacial score (nSPS) is 15.3. The Balaban J connectivity index is 1.71. The third-order valence-electron chi connectivity index (χ3n) is 5.87. The fourth-order valence-corrected chi connectivity index (χ4v) is 5.73. The fourth-order valence-electron chi connectivity index (χ4n) is 4.12. The Bertz CT molecular complexity index is 1320. The number of fused-ring (bicyclic) bond motifs is 1. The molecular formula is C25H28ClF3N2O2S. The van der Waals surface area contributed by atoms with Crippen LogP contribution in [0.25, 0.3) is 22.0 Å². The van der Waals surface area contributed by atoms with Crippen molar-refractivity contribution in [3.63, 3.8) is 0 Å². The van der Waals surface area contributed by atoms with E-state index in [9.17, 15) is 21.6 Å². The predicted molar refractivity (Wildman–Crippen MR) is 130 cm³/mol. The van der Waals surface area contributed by atoms with Gasteiger partial charge in [0.15, 0.2) is 0 Å². The summed E-state index contributed by atoms with van der Waals surface area (Å²) in [7, 11) is -3.26. The Kier molecular flexibility index (Phi) is 6.55. The maximum absolute atomic E-state index is 13.3. The summed E-state index contributed by atoms with van der Waals surface area (Å²) in [5.41, 5.74) is 1.99. The smallest absolute Gasteiger partial charge is 0.347 e. The summed E-state index contributed by atoms with van der Waals surface area (Å²) in [4.78, 5) is 0. The Morgan fingerprint density at radius 2 is 1.79 bits per heavy atom. The van der Waals surface area contributed by atoms with E-state index in [4.69, 9.17) is 11.6 Å². The molecule has 1 aliphatic carbocycles. The second-order valence-electron chi connectivity index (χ2n) is 10.2. The van der Waals surface area contributed by atoms with Gasteiger partial charge in [0, 0.05) is 40.8 Å². The minimum Gasteiger partial charge on any atom is -0.347 e. The van der Waals surface area contributed by atoms with Gasteiger partial charge < -0.3 is 4.57 Å². The van der Waals surface area contributed by atoms with Gasteiger partial charge in [-0.05, 0) is 60.1 Å². The summed E-state index contributed by atoms with van der Waals surface area (Å²) in [5, 5.41) is 0.923. The van der Waals surface area contributed by atoms with Crippen LogP contribution < -0.4 is 4.72 Å². The first-order valence-corrected chi connectivity index (χ1v) is 13.1. The van der Waals surface area contributed by atoms with Gasteiger partial charge in [-0.3, -0.25) is 0 Å². The predicted octanol–water partition coefficient (Wildman–Crippen LogP) is 6.65. The zero-order valence-electron chi connectivity index (χ0n) is 19.3. The van der Waals surface area contributed by atoms with Crippen LogP contribution in [0.2, 0.25) is 5.02 Å². The molecule has 0 aliphatic heterocycles. The molecule has 2 aromatic carbocycles. The molecule has 0 amide bonds. The van der Waals surface area contributed by atoms with Gasteiger partial charge >= 0.3 is 6.18 Å². The Hall–Kier alpha value is -2.03. The molecule has 0 unspecified atom stereocenters. The van der Waals surface area contributed by atoms with Crippen molar-refractivity contribution >= 4 is 32.5 Å². The van der Waals surface area contributed by atoms with E-state index >= 15 is 0 Å². The van der Waals surface area contributed by atoms with Crippen LogP contribution in [0, 0.1) is 5.41 Å². The summed E-state index contributed by atoms with van der Waals surface area (Å²) < 4.78 is 69.0. The SMILES string of the molecule is CC(C)(C)Cn1cc(CCNS(=O)(=O)C2CC2)c2ccc(-c3cc(C(F)(F)F)ccc3Cl)cc21. The highest BCUT2D eigenvalue weighted by molar-refractivity contribution is 7.90. The molecule has 4 rings (SSSR count). The van der Waals surface area contributed by atoms with Gasteiger partial charge in [-0.15, -0.1) is 0 Å². The second-order valence-corrected chi connectivity index (χ2v) is 12.6. The first-order valence-electron chi connectivity index (χ1n) is 11.2. The maximum atomic E-state index is 13.3. The molecule has 1 fully saturated rings. The van der Waals surface area contributed by atoms with E-state index in [1.54, 1.807) is 6.07 Å². The number of rotatable bonds is 7. The van der Waals surface area contributed by atoms with Gasteiger partial charge in [-0.1, -0.05) is 44.5 Å². The number of benzene rings is 2. The van der Waals surface area contributed by atoms with Crippen molar-refractivity contribution in [2.45, 2.75) is 58.0 Å². The number of hydrogen-bond donors (Lipinski definition) is 1. The van der Waals surface area contributed by atoms with Crippen LogP contribution in [0.1, 0.15) is 44.7 Å². The Morgan fingerprint density at radius 1 is 1.09 bits per heavy atom. The quantitative estimate of drug-likeness (QED) is 0.385. The van der Waals surface area contributed by atoms with Gasteiger partial charge in [0.25, 0.3) is 0 Å². The molecule has 184 valence electrons. The molecule has 0 saturated heterocycles. The van der Waals surface area contributed by atoms with Crippen molar-refractivity contribution in [1.29, 1.82) is 0 Å². The lowest BCUT2D eigenvalue weighted by atomic mass is 9.96. The highest BCUT2D eigenvalue weighted by Crippen LogP contribution is 2.38. The molecule has 4 nitrogen and oxygen atoms in total. The molecule has 1 heterocycles. The number of nitrogens with one attached hydrogen (secondary N) is 1. The number of hydrogen-bond acceptors (Lipinski definition) is 2. The molecule has 1 aliphatic rings. The van der Waals surface area contributed by atoms with Crippen LogP contribution in [0.5, 0.6) is 0 Å². The molecule has 1 saturated carbocycles. The van der Waals surface area contributed by atoms with Gasteiger partial charge in [0.05, 0.1) is 10.8 Å². The first-order chi connectivity index (χ1) is 15.7. The fraction of sp³-hybridized carbons (Fsp3) is 0.440. The Labute approximate surface area is 203 Å². The van der Waals surface area contributed by atoms with Crippen molar-refractivity contribution in [3.8, 4) is 11.1 Å². The minimum atomic E-state index is -4.46. The number of sulfonamides is 1. The second kappa shape index (κ2) is 8.88. The van der Waals surface area contributed by atoms with E-state index in [1.807, 2.05) is 18.3 Å². The van der Waals surface area contributed by atoms with Gasteiger partial charge in [0.2, 0.25) is 10.0 Å². The van der Waals surface area contributed by atoms with Gasteiger partial charge in [0.1, 0.15) is 0 Å². The third-order valence-corrected chi connectivity index (χ3v) is 8.16. The van der Waals surface area contributed by atoms with Gasteiger partial charge in [-0.25, -0.2) is 13.1 Å². The molecule has 0 spiro atoms. The van der Waals surface area contributed by atoms with E-state index in [0.29, 0.717) is 43.5 Å². The van der Waals surface area contributed by atoms with Crippen molar-refractivity contribution in [3.05, 3.63) is 58.7 Å². The lowest BCUT2D eigenvalue weighted by Gasteiger charge is -2.20. The van der Waals surface area contributed by atoms with E-state index in [-0.39, 0.29) is 15.7 Å². The molecule has 0 radical (unpaired) electrons. The highest BCUT2D eigenvalue weighted by atomic mass is 35.5. The van der Waals surface area contributed by atoms with E-state index in [0.717, 1.165) is 28.6 Å². The van der Waals surface area contributed by atoms with Crippen LogP contribution in [0.15, 0.2) is 42.6 Å². The lowest BCUT2D eigenvalue weighted by Crippen LogP contribution is -2.29. The van der Waals surface area contributed by atoms with E-state index < -0.39 is 21.8 Å². The highest BCUT2D eigenvalue weighted by Gasteiger charge is 2.35. The maximum Gasteiger partial charge on any atom is 0.416 e. The third kappa shape index (κ3) is 5.61. The molecule has 0 atom stereocenters. The van der Waals surface area contributed by atoms with Crippen LogP contribution in [0.3, 0.4) is 0 Å². The molecule has 1 N–H and O–H groups in total. The number of aromatic nitrogens is 1. The van der Waals surface area contributed by atoms with Crippen molar-refractivity contribution in [2.75, 3.05) is 6.54 Å². The molecule has 0 bridgehead atoms. The molecule has 3 aromatic rings. The molecule has 9 heteroatoms. The zero-order chi connectivity index (χ0) is 24.9. The number of alkyl halides is 3. The summed E-state index contributed by atoms with van der Waals surface area (Å²) in [6.45, 7) is 7.31. The largest absolute Gasteiger partial charge is 0.416 e. The summed E-state index contributed by atoms with van der Waals surface area (Å²) in [5.74, 6) is 0. The van der Waals surface area contributed by atoms with Crippen molar-refractivity contribution in [1.82, 2.24) is 9.29 Å². The van der Waals surface area contributed by atoms with Crippen LogP contribution >= 0.6 is 11.6 Å². The van der Waals surface area contributed by atoms with E-state index in [2.05, 4.69) is 30.1 Å². The standard InChI is InChI=1S/C25H28ClF3N2O2S/c1-24(2,3)15-31-14-17(10-11-30-34(32,33)19-6-7-19)20-8-4-16(12-23(20)31)21-13-18(25(27,28)29)5-9-22(21)26/h4-5,8-9,12-14,19,30H,6-7,10-11,15H2,1-3H3. The number of nitrogens with zero attached hydrogens (tertiary/aromatic N) is 1. The zero-order valence-corrected chi connectivity index (χ0v) is 20.9. The van der Waals surface area contributed by atoms with Crippen molar-refractivity contribution < 1.29 is 21.6 Å².